The molecule has 0 saturated carbocycles. The molecule has 1 unspecified atom stereocenters. The Bertz CT molecular complexity index is 424. The van der Waals surface area contributed by atoms with E-state index in [4.69, 9.17) is 16.7 Å². The highest BCUT2D eigenvalue weighted by Gasteiger charge is 2.20. The first-order chi connectivity index (χ1) is 8.47. The average molecular weight is 279 g/mol. The van der Waals surface area contributed by atoms with Gasteiger partial charge in [0.05, 0.1) is 0 Å². The molecule has 3 nitrogen and oxygen atoms in total. The van der Waals surface area contributed by atoms with Gasteiger partial charge in [0.2, 0.25) is 0 Å². The lowest BCUT2D eigenvalue weighted by Gasteiger charge is -2.13. The molecule has 0 aliphatic carbocycles. The second kappa shape index (κ2) is 6.66. The fourth-order valence-electron chi connectivity index (χ4n) is 1.63. The number of aryl methyl sites for hydroxylation is 1. The van der Waals surface area contributed by atoms with Gasteiger partial charge in [0.1, 0.15) is 0 Å². The molecular weight excluding hydrogens is 266 g/mol. The summed E-state index contributed by atoms with van der Waals surface area (Å²) in [6.07, 6.45) is -3.46. The fraction of sp³-hybridized carbons (Fsp3) is 0.417. The van der Waals surface area contributed by atoms with Gasteiger partial charge >= 0.3 is 5.97 Å². The average Bonchev–Trinajstić information content (AvgIpc) is 2.34. The van der Waals surface area contributed by atoms with Gasteiger partial charge < -0.3 is 10.2 Å². The lowest BCUT2D eigenvalue weighted by atomic mass is 9.96. The Balaban J connectivity index is 3.11. The van der Waals surface area contributed by atoms with E-state index in [0.717, 1.165) is 6.07 Å². The second-order valence-corrected chi connectivity index (χ2v) is 4.17. The van der Waals surface area contributed by atoms with Crippen molar-refractivity contribution in [1.29, 1.82) is 0 Å². The van der Waals surface area contributed by atoms with Crippen molar-refractivity contribution in [3.8, 4) is 0 Å². The Kier molecular flexibility index (Phi) is 5.50. The van der Waals surface area contributed by atoms with E-state index < -0.39 is 18.5 Å². The lowest BCUT2D eigenvalue weighted by molar-refractivity contribution is -0.147. The molecule has 0 bridgehead atoms. The number of benzene rings is 1. The van der Waals surface area contributed by atoms with E-state index in [0.29, 0.717) is 24.3 Å². The van der Waals surface area contributed by atoms with Gasteiger partial charge in [-0.05, 0) is 30.0 Å². The SMILES string of the molecule is O=C(O)C(O)c1ccc(C(F)F)cc1CCCCl. The number of carboxylic acid groups (broad SMARTS) is 1. The van der Waals surface area contributed by atoms with Gasteiger partial charge in [0, 0.05) is 11.4 Å². The number of alkyl halides is 3. The zero-order valence-corrected chi connectivity index (χ0v) is 10.2. The third-order valence-corrected chi connectivity index (χ3v) is 2.79. The van der Waals surface area contributed by atoms with Crippen LogP contribution in [0.1, 0.15) is 35.6 Å². The number of carboxylic acids is 1. The molecule has 0 fully saturated rings. The first-order valence-corrected chi connectivity index (χ1v) is 5.88. The smallest absolute Gasteiger partial charge is 0.337 e. The second-order valence-electron chi connectivity index (χ2n) is 3.79. The maximum atomic E-state index is 12.6. The molecule has 1 atom stereocenters. The van der Waals surface area contributed by atoms with E-state index in [1.165, 1.54) is 12.1 Å². The molecule has 6 heteroatoms. The minimum Gasteiger partial charge on any atom is -0.479 e. The minimum atomic E-state index is -2.63. The maximum absolute atomic E-state index is 12.6. The molecule has 1 aromatic rings. The quantitative estimate of drug-likeness (QED) is 0.787. The van der Waals surface area contributed by atoms with Crippen molar-refractivity contribution >= 4 is 17.6 Å². The molecule has 1 rings (SSSR count). The molecule has 18 heavy (non-hydrogen) atoms. The highest BCUT2D eigenvalue weighted by molar-refractivity contribution is 6.17. The normalized spacial score (nSPS) is 12.7. The van der Waals surface area contributed by atoms with Crippen LogP contribution in [0.3, 0.4) is 0 Å². The maximum Gasteiger partial charge on any atom is 0.337 e. The van der Waals surface area contributed by atoms with Crippen LogP contribution in [0.25, 0.3) is 0 Å². The van der Waals surface area contributed by atoms with E-state index in [9.17, 15) is 18.7 Å². The Labute approximate surface area is 108 Å². The van der Waals surface area contributed by atoms with Crippen molar-refractivity contribution in [3.63, 3.8) is 0 Å². The first-order valence-electron chi connectivity index (χ1n) is 5.35. The number of hydrogen-bond donors (Lipinski definition) is 2. The molecule has 2 N–H and O–H groups in total. The first kappa shape index (κ1) is 14.9. The number of aliphatic hydroxyl groups is 1. The Morgan fingerprint density at radius 1 is 1.39 bits per heavy atom. The number of aliphatic carboxylic acids is 1. The van der Waals surface area contributed by atoms with Crippen LogP contribution in [0.5, 0.6) is 0 Å². The topological polar surface area (TPSA) is 57.5 Å². The highest BCUT2D eigenvalue weighted by Crippen LogP contribution is 2.26. The molecular formula is C12H13ClF2O3. The predicted octanol–water partition coefficient (Wildman–Crippen LogP) is 2.91. The fourth-order valence-corrected chi connectivity index (χ4v) is 1.77. The van der Waals surface area contributed by atoms with Gasteiger partial charge in [-0.25, -0.2) is 13.6 Å². The number of rotatable bonds is 6. The van der Waals surface area contributed by atoms with Crippen LogP contribution in [-0.4, -0.2) is 22.1 Å². The minimum absolute atomic E-state index is 0.136. The molecule has 0 heterocycles. The number of carbonyl (C=O) groups is 1. The standard InChI is InChI=1S/C12H13ClF2O3/c13-5-1-2-7-6-8(11(14)15)3-4-9(7)10(16)12(17)18/h3-4,6,10-11,16H,1-2,5H2,(H,17,18). The van der Waals surface area contributed by atoms with Crippen LogP contribution in [0.15, 0.2) is 18.2 Å². The van der Waals surface area contributed by atoms with Gasteiger partial charge in [-0.15, -0.1) is 11.6 Å². The zero-order valence-electron chi connectivity index (χ0n) is 9.44. The van der Waals surface area contributed by atoms with Gasteiger partial charge in [0.25, 0.3) is 6.43 Å². The molecule has 0 spiro atoms. The van der Waals surface area contributed by atoms with Gasteiger partial charge in [-0.2, -0.15) is 0 Å². The van der Waals surface area contributed by atoms with Crippen LogP contribution in [0.2, 0.25) is 0 Å². The summed E-state index contributed by atoms with van der Waals surface area (Å²) in [6, 6.07) is 3.57. The summed E-state index contributed by atoms with van der Waals surface area (Å²) >= 11 is 5.52. The van der Waals surface area contributed by atoms with Crippen LogP contribution < -0.4 is 0 Å². The van der Waals surface area contributed by atoms with Crippen molar-refractivity contribution < 1.29 is 23.8 Å². The summed E-state index contributed by atoms with van der Waals surface area (Å²) in [7, 11) is 0. The molecule has 0 amide bonds. The summed E-state index contributed by atoms with van der Waals surface area (Å²) in [6.45, 7) is 0. The molecule has 0 aromatic heterocycles. The summed E-state index contributed by atoms with van der Waals surface area (Å²) in [5.74, 6) is -1.08. The highest BCUT2D eigenvalue weighted by atomic mass is 35.5. The third kappa shape index (κ3) is 3.65. The number of halogens is 3. The zero-order chi connectivity index (χ0) is 13.7. The van der Waals surface area contributed by atoms with Crippen LogP contribution in [0.4, 0.5) is 8.78 Å². The summed E-state index contributed by atoms with van der Waals surface area (Å²) in [5, 5.41) is 18.2. The Morgan fingerprint density at radius 2 is 2.06 bits per heavy atom. The van der Waals surface area contributed by atoms with Crippen LogP contribution in [-0.2, 0) is 11.2 Å². The summed E-state index contributed by atoms with van der Waals surface area (Å²) in [4.78, 5) is 10.7. The molecule has 0 saturated heterocycles. The van der Waals surface area contributed by atoms with E-state index in [1.807, 2.05) is 0 Å². The summed E-state index contributed by atoms with van der Waals surface area (Å²) < 4.78 is 25.1. The van der Waals surface area contributed by atoms with E-state index in [-0.39, 0.29) is 11.1 Å². The number of aliphatic hydroxyl groups excluding tert-OH is 1. The molecule has 0 radical (unpaired) electrons. The largest absolute Gasteiger partial charge is 0.479 e. The van der Waals surface area contributed by atoms with Crippen molar-refractivity contribution in [3.05, 3.63) is 34.9 Å². The Morgan fingerprint density at radius 3 is 2.56 bits per heavy atom. The van der Waals surface area contributed by atoms with E-state index in [2.05, 4.69) is 0 Å². The summed E-state index contributed by atoms with van der Waals surface area (Å²) in [5.41, 5.74) is 0.335. The predicted molar refractivity (Wildman–Crippen MR) is 63.0 cm³/mol. The Hall–Kier alpha value is -1.20. The van der Waals surface area contributed by atoms with E-state index >= 15 is 0 Å². The van der Waals surface area contributed by atoms with Crippen molar-refractivity contribution in [2.75, 3.05) is 5.88 Å². The van der Waals surface area contributed by atoms with Crippen molar-refractivity contribution in [2.24, 2.45) is 0 Å². The van der Waals surface area contributed by atoms with Crippen molar-refractivity contribution in [2.45, 2.75) is 25.4 Å². The molecule has 1 aromatic carbocycles. The lowest BCUT2D eigenvalue weighted by Crippen LogP contribution is -2.13. The van der Waals surface area contributed by atoms with Gasteiger partial charge in [-0.3, -0.25) is 0 Å². The molecule has 100 valence electrons. The molecule has 0 aliphatic heterocycles. The van der Waals surface area contributed by atoms with Crippen molar-refractivity contribution in [1.82, 2.24) is 0 Å². The van der Waals surface area contributed by atoms with Crippen LogP contribution in [0, 0.1) is 0 Å². The van der Waals surface area contributed by atoms with Crippen LogP contribution >= 0.6 is 11.6 Å². The molecule has 0 aliphatic rings. The van der Waals surface area contributed by atoms with Gasteiger partial charge in [-0.1, -0.05) is 12.1 Å². The monoisotopic (exact) mass is 278 g/mol. The number of hydrogen-bond acceptors (Lipinski definition) is 2. The van der Waals surface area contributed by atoms with Gasteiger partial charge in [0.15, 0.2) is 6.10 Å². The van der Waals surface area contributed by atoms with E-state index in [1.54, 1.807) is 0 Å². The third-order valence-electron chi connectivity index (χ3n) is 2.53.